The van der Waals surface area contributed by atoms with Gasteiger partial charge in [-0.2, -0.15) is 0 Å². The second-order valence-electron chi connectivity index (χ2n) is 4.77. The van der Waals surface area contributed by atoms with Crippen molar-refractivity contribution in [1.82, 2.24) is 10.2 Å². The Labute approximate surface area is 102 Å². The average molecular weight is 242 g/mol. The van der Waals surface area contributed by atoms with Crippen molar-refractivity contribution in [3.63, 3.8) is 0 Å². The summed E-state index contributed by atoms with van der Waals surface area (Å²) in [5.41, 5.74) is 0. The molecule has 0 saturated carbocycles. The van der Waals surface area contributed by atoms with Gasteiger partial charge in [0.25, 0.3) is 0 Å². The summed E-state index contributed by atoms with van der Waals surface area (Å²) in [6, 6.07) is 0.0564. The molecule has 1 unspecified atom stereocenters. The molecule has 5 heteroatoms. The van der Waals surface area contributed by atoms with Crippen LogP contribution in [0.5, 0.6) is 0 Å². The quantitative estimate of drug-likeness (QED) is 0.724. The van der Waals surface area contributed by atoms with Gasteiger partial charge in [0.05, 0.1) is 6.04 Å². The monoisotopic (exact) mass is 242 g/mol. The van der Waals surface area contributed by atoms with Gasteiger partial charge in [-0.1, -0.05) is 0 Å². The lowest BCUT2D eigenvalue weighted by atomic mass is 10.1. The molecule has 1 heterocycles. The van der Waals surface area contributed by atoms with Gasteiger partial charge in [-0.05, 0) is 39.7 Å². The van der Waals surface area contributed by atoms with E-state index in [1.807, 2.05) is 13.8 Å². The third-order valence-electron chi connectivity index (χ3n) is 3.05. The van der Waals surface area contributed by atoms with Crippen LogP contribution in [0.25, 0.3) is 0 Å². The van der Waals surface area contributed by atoms with Crippen LogP contribution in [0.2, 0.25) is 0 Å². The molecule has 98 valence electrons. The maximum absolute atomic E-state index is 12.2. The third-order valence-corrected chi connectivity index (χ3v) is 3.05. The molecule has 1 rings (SSSR count). The van der Waals surface area contributed by atoms with E-state index < -0.39 is 5.97 Å². The molecule has 1 aliphatic heterocycles. The number of amides is 1. The van der Waals surface area contributed by atoms with Crippen LogP contribution in [0.3, 0.4) is 0 Å². The first kappa shape index (κ1) is 14.0. The van der Waals surface area contributed by atoms with Crippen LogP contribution in [0.15, 0.2) is 0 Å². The highest BCUT2D eigenvalue weighted by Crippen LogP contribution is 2.12. The topological polar surface area (TPSA) is 69.6 Å². The highest BCUT2D eigenvalue weighted by Gasteiger charge is 2.27. The summed E-state index contributed by atoms with van der Waals surface area (Å²) >= 11 is 0. The molecular formula is C12H22N2O3. The van der Waals surface area contributed by atoms with Gasteiger partial charge in [0.15, 0.2) is 0 Å². The average Bonchev–Trinajstić information content (AvgIpc) is 2.75. The van der Waals surface area contributed by atoms with Gasteiger partial charge in [0.2, 0.25) is 5.91 Å². The lowest BCUT2D eigenvalue weighted by molar-refractivity contribution is -0.139. The zero-order chi connectivity index (χ0) is 12.8. The highest BCUT2D eigenvalue weighted by atomic mass is 16.4. The summed E-state index contributed by atoms with van der Waals surface area (Å²) in [5.74, 6) is -0.692. The van der Waals surface area contributed by atoms with Gasteiger partial charge in [0.1, 0.15) is 0 Å². The van der Waals surface area contributed by atoms with Crippen LogP contribution in [0.4, 0.5) is 0 Å². The first-order chi connectivity index (χ1) is 8.02. The first-order valence-corrected chi connectivity index (χ1v) is 6.28. The van der Waals surface area contributed by atoms with Gasteiger partial charge in [-0.25, -0.2) is 0 Å². The Morgan fingerprint density at radius 1 is 1.47 bits per heavy atom. The van der Waals surface area contributed by atoms with E-state index in [4.69, 9.17) is 5.11 Å². The fourth-order valence-corrected chi connectivity index (χ4v) is 2.12. The predicted octanol–water partition coefficient (Wildman–Crippen LogP) is 0.840. The van der Waals surface area contributed by atoms with Crippen LogP contribution >= 0.6 is 0 Å². The summed E-state index contributed by atoms with van der Waals surface area (Å²) in [5, 5.41) is 11.8. The standard InChI is InChI=1S/C12H22N2O3/c1-9(2)14(8-4-6-11(15)16)12(17)10-5-3-7-13-10/h9-10,13H,3-8H2,1-2H3,(H,15,16). The molecule has 0 radical (unpaired) electrons. The van der Waals surface area contributed by atoms with E-state index in [0.29, 0.717) is 13.0 Å². The minimum atomic E-state index is -0.805. The van der Waals surface area contributed by atoms with Gasteiger partial charge < -0.3 is 15.3 Å². The second kappa shape index (κ2) is 6.59. The summed E-state index contributed by atoms with van der Waals surface area (Å²) in [4.78, 5) is 24.4. The van der Waals surface area contributed by atoms with Crippen molar-refractivity contribution in [3.05, 3.63) is 0 Å². The van der Waals surface area contributed by atoms with E-state index in [2.05, 4.69) is 5.32 Å². The highest BCUT2D eigenvalue weighted by molar-refractivity contribution is 5.82. The molecule has 1 aliphatic rings. The van der Waals surface area contributed by atoms with Crippen molar-refractivity contribution in [1.29, 1.82) is 0 Å². The Morgan fingerprint density at radius 3 is 2.65 bits per heavy atom. The van der Waals surface area contributed by atoms with Crippen molar-refractivity contribution in [2.45, 2.75) is 51.6 Å². The van der Waals surface area contributed by atoms with Gasteiger partial charge >= 0.3 is 5.97 Å². The fraction of sp³-hybridized carbons (Fsp3) is 0.833. The first-order valence-electron chi connectivity index (χ1n) is 6.28. The summed E-state index contributed by atoms with van der Waals surface area (Å²) < 4.78 is 0. The second-order valence-corrected chi connectivity index (χ2v) is 4.77. The molecule has 0 aromatic heterocycles. The summed E-state index contributed by atoms with van der Waals surface area (Å²) in [6.45, 7) is 5.36. The van der Waals surface area contributed by atoms with Crippen LogP contribution in [0, 0.1) is 0 Å². The summed E-state index contributed by atoms with van der Waals surface area (Å²) in [7, 11) is 0. The molecule has 0 aliphatic carbocycles. The number of nitrogens with one attached hydrogen (secondary N) is 1. The zero-order valence-corrected chi connectivity index (χ0v) is 10.6. The number of carbonyl (C=O) groups excluding carboxylic acids is 1. The predicted molar refractivity (Wildman–Crippen MR) is 64.7 cm³/mol. The minimum Gasteiger partial charge on any atom is -0.481 e. The van der Waals surface area contributed by atoms with Crippen LogP contribution in [-0.2, 0) is 9.59 Å². The number of rotatable bonds is 6. The zero-order valence-electron chi connectivity index (χ0n) is 10.6. The Bertz CT molecular complexity index is 273. The maximum atomic E-state index is 12.2. The Balaban J connectivity index is 2.46. The van der Waals surface area contributed by atoms with E-state index in [9.17, 15) is 9.59 Å². The van der Waals surface area contributed by atoms with E-state index in [1.165, 1.54) is 0 Å². The molecule has 1 fully saturated rings. The molecule has 1 saturated heterocycles. The van der Waals surface area contributed by atoms with Gasteiger partial charge in [-0.15, -0.1) is 0 Å². The SMILES string of the molecule is CC(C)N(CCCC(=O)O)C(=O)C1CCCN1. The lowest BCUT2D eigenvalue weighted by Crippen LogP contribution is -2.47. The normalized spacial score (nSPS) is 19.6. The molecule has 0 spiro atoms. The van der Waals surface area contributed by atoms with E-state index in [1.54, 1.807) is 4.90 Å². The minimum absolute atomic E-state index is 0.0674. The molecule has 0 aromatic rings. The molecular weight excluding hydrogens is 220 g/mol. The van der Waals surface area contributed by atoms with Crippen LogP contribution in [0.1, 0.15) is 39.5 Å². The van der Waals surface area contributed by atoms with Crippen LogP contribution < -0.4 is 5.32 Å². The number of carboxylic acids is 1. The van der Waals surface area contributed by atoms with Gasteiger partial charge in [-0.3, -0.25) is 9.59 Å². The molecule has 5 nitrogen and oxygen atoms in total. The number of carbonyl (C=O) groups is 2. The fourth-order valence-electron chi connectivity index (χ4n) is 2.12. The van der Waals surface area contributed by atoms with E-state index in [0.717, 1.165) is 19.4 Å². The molecule has 0 bridgehead atoms. The molecule has 17 heavy (non-hydrogen) atoms. The van der Waals surface area contributed by atoms with Crippen molar-refractivity contribution in [2.75, 3.05) is 13.1 Å². The summed E-state index contributed by atoms with van der Waals surface area (Å²) in [6.07, 6.45) is 2.57. The smallest absolute Gasteiger partial charge is 0.303 e. The Hall–Kier alpha value is -1.10. The number of aliphatic carboxylic acids is 1. The van der Waals surface area contributed by atoms with E-state index in [-0.39, 0.29) is 24.4 Å². The van der Waals surface area contributed by atoms with Crippen molar-refractivity contribution >= 4 is 11.9 Å². The van der Waals surface area contributed by atoms with Crippen molar-refractivity contribution in [3.8, 4) is 0 Å². The third kappa shape index (κ3) is 4.34. The number of carboxylic acid groups (broad SMARTS) is 1. The number of hydrogen-bond acceptors (Lipinski definition) is 3. The maximum Gasteiger partial charge on any atom is 0.303 e. The van der Waals surface area contributed by atoms with Crippen LogP contribution in [-0.4, -0.2) is 47.1 Å². The van der Waals surface area contributed by atoms with Gasteiger partial charge in [0, 0.05) is 19.0 Å². The Morgan fingerprint density at radius 2 is 2.18 bits per heavy atom. The number of hydrogen-bond donors (Lipinski definition) is 2. The molecule has 0 aromatic carbocycles. The van der Waals surface area contributed by atoms with Crippen molar-refractivity contribution < 1.29 is 14.7 Å². The Kier molecular flexibility index (Phi) is 5.41. The largest absolute Gasteiger partial charge is 0.481 e. The molecule has 1 atom stereocenters. The van der Waals surface area contributed by atoms with Crippen molar-refractivity contribution in [2.24, 2.45) is 0 Å². The lowest BCUT2D eigenvalue weighted by Gasteiger charge is -2.29. The number of nitrogens with zero attached hydrogens (tertiary/aromatic N) is 1. The molecule has 2 N–H and O–H groups in total. The van der Waals surface area contributed by atoms with E-state index >= 15 is 0 Å². The molecule has 1 amide bonds.